The van der Waals surface area contributed by atoms with Gasteiger partial charge in [-0.05, 0) is 49.9 Å². The molecule has 1 aliphatic heterocycles. The maximum atomic E-state index is 14.8. The van der Waals surface area contributed by atoms with Crippen molar-refractivity contribution in [3.8, 4) is 11.3 Å². The quantitative estimate of drug-likeness (QED) is 0.651. The lowest BCUT2D eigenvalue weighted by molar-refractivity contribution is 0.101. The van der Waals surface area contributed by atoms with Gasteiger partial charge in [-0.3, -0.25) is 4.79 Å². The summed E-state index contributed by atoms with van der Waals surface area (Å²) in [4.78, 5) is 18.5. The zero-order valence-corrected chi connectivity index (χ0v) is 15.3. The Morgan fingerprint density at radius 1 is 1.15 bits per heavy atom. The van der Waals surface area contributed by atoms with E-state index < -0.39 is 0 Å². The minimum absolute atomic E-state index is 0.0664. The highest BCUT2D eigenvalue weighted by Gasteiger charge is 2.28. The topological polar surface area (TPSA) is 50.5 Å². The molecule has 5 nitrogen and oxygen atoms in total. The van der Waals surface area contributed by atoms with E-state index in [0.29, 0.717) is 28.5 Å². The third kappa shape index (κ3) is 2.89. The van der Waals surface area contributed by atoms with Crippen LogP contribution in [-0.4, -0.2) is 33.5 Å². The van der Waals surface area contributed by atoms with Gasteiger partial charge in [0.05, 0.1) is 5.69 Å². The fourth-order valence-electron chi connectivity index (χ4n) is 3.86. The van der Waals surface area contributed by atoms with Gasteiger partial charge in [0.25, 0.3) is 0 Å². The Labute approximate surface area is 156 Å². The number of halogens is 1. The van der Waals surface area contributed by atoms with E-state index in [2.05, 4.69) is 15.0 Å². The summed E-state index contributed by atoms with van der Waals surface area (Å²) in [5.41, 5.74) is 3.98. The summed E-state index contributed by atoms with van der Waals surface area (Å²) >= 11 is 0. The molecule has 138 valence electrons. The number of hydrogen-bond acceptors (Lipinski definition) is 4. The number of hydrogen-bond donors (Lipinski definition) is 0. The summed E-state index contributed by atoms with van der Waals surface area (Å²) in [7, 11) is 0. The molecular weight excluding hydrogens is 343 g/mol. The van der Waals surface area contributed by atoms with Crippen molar-refractivity contribution in [1.29, 1.82) is 0 Å². The van der Waals surface area contributed by atoms with Crippen LogP contribution in [0.1, 0.15) is 54.7 Å². The van der Waals surface area contributed by atoms with Crippen molar-refractivity contribution in [2.75, 3.05) is 18.0 Å². The zero-order chi connectivity index (χ0) is 18.5. The number of carbonyl (C=O) groups excluding carboxylic acids is 1. The van der Waals surface area contributed by atoms with E-state index in [1.165, 1.54) is 6.92 Å². The molecule has 2 aromatic heterocycles. The number of nitrogens with zero attached hydrogens (tertiary/aromatic N) is 4. The molecular formula is C21H21FN4O. The van der Waals surface area contributed by atoms with E-state index in [1.54, 1.807) is 22.7 Å². The van der Waals surface area contributed by atoms with Crippen molar-refractivity contribution in [3.63, 3.8) is 0 Å². The molecule has 1 aromatic carbocycles. The summed E-state index contributed by atoms with van der Waals surface area (Å²) in [6, 6.07) is 8.96. The molecule has 3 aromatic rings. The van der Waals surface area contributed by atoms with Crippen molar-refractivity contribution < 1.29 is 9.18 Å². The third-order valence-corrected chi connectivity index (χ3v) is 5.51. The first-order valence-corrected chi connectivity index (χ1v) is 9.57. The molecule has 1 saturated carbocycles. The molecule has 1 saturated heterocycles. The highest BCUT2D eigenvalue weighted by atomic mass is 19.1. The van der Waals surface area contributed by atoms with Gasteiger partial charge in [-0.15, -0.1) is 0 Å². The first kappa shape index (κ1) is 16.4. The van der Waals surface area contributed by atoms with E-state index >= 15 is 0 Å². The Morgan fingerprint density at radius 3 is 2.59 bits per heavy atom. The molecule has 0 unspecified atom stereocenters. The number of rotatable bonds is 4. The second-order valence-corrected chi connectivity index (χ2v) is 7.55. The lowest BCUT2D eigenvalue weighted by atomic mass is 10.1. The molecule has 0 radical (unpaired) electrons. The van der Waals surface area contributed by atoms with E-state index in [4.69, 9.17) is 0 Å². The Kier molecular flexibility index (Phi) is 3.74. The van der Waals surface area contributed by atoms with Gasteiger partial charge in [0.1, 0.15) is 11.5 Å². The normalized spacial score (nSPS) is 17.0. The lowest BCUT2D eigenvalue weighted by Gasteiger charge is -2.17. The van der Waals surface area contributed by atoms with E-state index in [1.807, 2.05) is 12.1 Å². The number of fused-ring (bicyclic) bond motifs is 1. The van der Waals surface area contributed by atoms with E-state index in [9.17, 15) is 9.18 Å². The molecule has 0 amide bonds. The second kappa shape index (κ2) is 6.15. The number of carbonyl (C=O) groups is 1. The van der Waals surface area contributed by atoms with E-state index in [-0.39, 0.29) is 11.6 Å². The molecule has 6 heteroatoms. The van der Waals surface area contributed by atoms with Crippen molar-refractivity contribution in [2.45, 2.75) is 38.5 Å². The summed E-state index contributed by atoms with van der Waals surface area (Å²) < 4.78 is 16.6. The van der Waals surface area contributed by atoms with Crippen LogP contribution < -0.4 is 4.90 Å². The first-order chi connectivity index (χ1) is 13.1. The Hall–Kier alpha value is -2.76. The number of anilines is 1. The highest BCUT2D eigenvalue weighted by molar-refractivity contribution is 5.92. The molecule has 0 spiro atoms. The van der Waals surface area contributed by atoms with Gasteiger partial charge in [0.2, 0.25) is 0 Å². The average Bonchev–Trinajstić information content (AvgIpc) is 3.18. The highest BCUT2D eigenvalue weighted by Crippen LogP contribution is 2.40. The van der Waals surface area contributed by atoms with Gasteiger partial charge in [0.15, 0.2) is 11.4 Å². The van der Waals surface area contributed by atoms with Gasteiger partial charge in [0, 0.05) is 48.9 Å². The van der Waals surface area contributed by atoms with Crippen LogP contribution in [0, 0.1) is 5.82 Å². The predicted molar refractivity (Wildman–Crippen MR) is 102 cm³/mol. The molecule has 5 rings (SSSR count). The Morgan fingerprint density at radius 2 is 1.93 bits per heavy atom. The van der Waals surface area contributed by atoms with Gasteiger partial charge in [-0.25, -0.2) is 13.9 Å². The smallest absolute Gasteiger partial charge is 0.178 e. The molecule has 0 bridgehead atoms. The maximum absolute atomic E-state index is 14.8. The molecule has 0 N–H and O–H groups in total. The maximum Gasteiger partial charge on any atom is 0.178 e. The van der Waals surface area contributed by atoms with Crippen LogP contribution in [0.5, 0.6) is 0 Å². The van der Waals surface area contributed by atoms with Crippen LogP contribution in [0.3, 0.4) is 0 Å². The SMILES string of the molecule is CC(=O)c1cc(C2CC2)n2nc(-c3ccc(N4CCCC4)cc3F)cc2n1. The number of ketones is 1. The van der Waals surface area contributed by atoms with Crippen LogP contribution >= 0.6 is 0 Å². The van der Waals surface area contributed by atoms with Crippen molar-refractivity contribution in [2.24, 2.45) is 0 Å². The number of aromatic nitrogens is 3. The van der Waals surface area contributed by atoms with Gasteiger partial charge < -0.3 is 4.90 Å². The zero-order valence-electron chi connectivity index (χ0n) is 15.3. The summed E-state index contributed by atoms with van der Waals surface area (Å²) in [6.45, 7) is 3.48. The summed E-state index contributed by atoms with van der Waals surface area (Å²) in [5, 5.41) is 4.62. The van der Waals surface area contributed by atoms with Crippen LogP contribution in [0.15, 0.2) is 30.3 Å². The van der Waals surface area contributed by atoms with Crippen molar-refractivity contribution in [1.82, 2.24) is 14.6 Å². The molecule has 2 fully saturated rings. The van der Waals surface area contributed by atoms with Gasteiger partial charge in [-0.2, -0.15) is 5.10 Å². The Balaban J connectivity index is 1.59. The van der Waals surface area contributed by atoms with Gasteiger partial charge >= 0.3 is 0 Å². The van der Waals surface area contributed by atoms with Crippen molar-refractivity contribution >= 4 is 17.1 Å². The first-order valence-electron chi connectivity index (χ1n) is 9.57. The van der Waals surface area contributed by atoms with Crippen LogP contribution in [0.4, 0.5) is 10.1 Å². The molecule has 27 heavy (non-hydrogen) atoms. The summed E-state index contributed by atoms with van der Waals surface area (Å²) in [5.74, 6) is 0.0644. The minimum Gasteiger partial charge on any atom is -0.371 e. The molecule has 1 aliphatic carbocycles. The van der Waals surface area contributed by atoms with Crippen LogP contribution in [0.25, 0.3) is 16.9 Å². The number of benzene rings is 1. The van der Waals surface area contributed by atoms with Crippen LogP contribution in [0.2, 0.25) is 0 Å². The standard InChI is InChI=1S/C21H21FN4O/c1-13(27)18-11-20(14-4-5-14)26-21(23-18)12-19(24-26)16-7-6-15(10-17(16)22)25-8-2-3-9-25/h6-7,10-12,14H,2-5,8-9H2,1H3. The largest absolute Gasteiger partial charge is 0.371 e. The third-order valence-electron chi connectivity index (χ3n) is 5.51. The fraction of sp³-hybridized carbons (Fsp3) is 0.381. The minimum atomic E-state index is -0.275. The van der Waals surface area contributed by atoms with Crippen molar-refractivity contribution in [3.05, 3.63) is 47.5 Å². The predicted octanol–water partition coefficient (Wildman–Crippen LogP) is 4.22. The monoisotopic (exact) mass is 364 g/mol. The molecule has 3 heterocycles. The van der Waals surface area contributed by atoms with E-state index in [0.717, 1.165) is 50.2 Å². The molecule has 2 aliphatic rings. The van der Waals surface area contributed by atoms with Crippen LogP contribution in [-0.2, 0) is 0 Å². The lowest BCUT2D eigenvalue weighted by Crippen LogP contribution is -2.17. The Bertz CT molecular complexity index is 1050. The second-order valence-electron chi connectivity index (χ2n) is 7.55. The summed E-state index contributed by atoms with van der Waals surface area (Å²) in [6.07, 6.45) is 4.49. The fourth-order valence-corrected chi connectivity index (χ4v) is 3.86. The molecule has 0 atom stereocenters. The van der Waals surface area contributed by atoms with Gasteiger partial charge in [-0.1, -0.05) is 0 Å². The number of Topliss-reactive ketones (excluding diaryl/α,β-unsaturated/α-hetero) is 1. The average molecular weight is 364 g/mol.